The number of amides is 2. The Kier molecular flexibility index (Phi) is 6.05. The third-order valence-electron chi connectivity index (χ3n) is 4.52. The molecule has 1 aromatic carbocycles. The molecule has 1 saturated heterocycles. The molecule has 1 aromatic heterocycles. The van der Waals surface area contributed by atoms with Crippen LogP contribution < -0.4 is 15.2 Å². The second kappa shape index (κ2) is 8.38. The fourth-order valence-electron chi connectivity index (χ4n) is 3.29. The summed E-state index contributed by atoms with van der Waals surface area (Å²) in [6.45, 7) is 10.3. The molecule has 3 rings (SSSR count). The third-order valence-corrected chi connectivity index (χ3v) is 4.52. The number of ether oxygens (including phenoxy) is 3. The van der Waals surface area contributed by atoms with Gasteiger partial charge < -0.3 is 24.8 Å². The molecule has 2 heterocycles. The molecule has 0 radical (unpaired) electrons. The Morgan fingerprint density at radius 3 is 2.60 bits per heavy atom. The van der Waals surface area contributed by atoms with Crippen LogP contribution in [-0.4, -0.2) is 52.8 Å². The summed E-state index contributed by atoms with van der Waals surface area (Å²) in [5.41, 5.74) is 5.83. The number of hydrogen-bond donors (Lipinski definition) is 1. The SMILES string of the molecule is CC(C)Oc1cc2c(O[C@@H]3CCN(C(=O)OC(C)(C)C)C3)ccnc2cc1C(N)=O. The fraction of sp³-hybridized carbons (Fsp3) is 0.500. The number of fused-ring (bicyclic) bond motifs is 1. The molecule has 0 bridgehead atoms. The summed E-state index contributed by atoms with van der Waals surface area (Å²) < 4.78 is 17.4. The van der Waals surface area contributed by atoms with Crippen molar-refractivity contribution in [2.45, 2.75) is 58.8 Å². The first-order chi connectivity index (χ1) is 14.0. The minimum Gasteiger partial charge on any atom is -0.490 e. The number of benzene rings is 1. The van der Waals surface area contributed by atoms with E-state index in [9.17, 15) is 9.59 Å². The summed E-state index contributed by atoms with van der Waals surface area (Å²) in [6, 6.07) is 5.11. The van der Waals surface area contributed by atoms with Gasteiger partial charge in [0.05, 0.1) is 23.7 Å². The minimum atomic E-state index is -0.579. The number of hydrogen-bond acceptors (Lipinski definition) is 6. The van der Waals surface area contributed by atoms with Gasteiger partial charge in [0.2, 0.25) is 0 Å². The molecule has 162 valence electrons. The molecule has 2 aromatic rings. The molecule has 8 heteroatoms. The van der Waals surface area contributed by atoms with E-state index in [0.29, 0.717) is 41.9 Å². The van der Waals surface area contributed by atoms with Crippen molar-refractivity contribution in [3.8, 4) is 11.5 Å². The number of pyridine rings is 1. The van der Waals surface area contributed by atoms with Crippen molar-refractivity contribution in [1.82, 2.24) is 9.88 Å². The average molecular weight is 415 g/mol. The Bertz CT molecular complexity index is 952. The highest BCUT2D eigenvalue weighted by Crippen LogP contribution is 2.33. The van der Waals surface area contributed by atoms with Crippen LogP contribution in [0.15, 0.2) is 24.4 Å². The lowest BCUT2D eigenvalue weighted by Gasteiger charge is -2.24. The number of carbonyl (C=O) groups excluding carboxylic acids is 2. The number of nitrogens with two attached hydrogens (primary N) is 1. The molecule has 8 nitrogen and oxygen atoms in total. The molecule has 1 aliphatic rings. The van der Waals surface area contributed by atoms with E-state index in [1.807, 2.05) is 34.6 Å². The topological polar surface area (TPSA) is 104 Å². The first-order valence-electron chi connectivity index (χ1n) is 10.1. The molecule has 0 spiro atoms. The second-order valence-corrected chi connectivity index (χ2v) is 8.66. The summed E-state index contributed by atoms with van der Waals surface area (Å²) in [5, 5.41) is 0.717. The Labute approximate surface area is 176 Å². The second-order valence-electron chi connectivity index (χ2n) is 8.66. The largest absolute Gasteiger partial charge is 0.490 e. The number of nitrogens with zero attached hydrogens (tertiary/aromatic N) is 2. The van der Waals surface area contributed by atoms with Gasteiger partial charge in [-0.2, -0.15) is 0 Å². The molecule has 1 atom stereocenters. The molecule has 0 unspecified atom stereocenters. The van der Waals surface area contributed by atoms with Crippen molar-refractivity contribution >= 4 is 22.9 Å². The van der Waals surface area contributed by atoms with Crippen molar-refractivity contribution in [3.63, 3.8) is 0 Å². The normalized spacial score (nSPS) is 16.7. The Hall–Kier alpha value is -3.03. The van der Waals surface area contributed by atoms with Crippen molar-refractivity contribution < 1.29 is 23.8 Å². The highest BCUT2D eigenvalue weighted by atomic mass is 16.6. The molecule has 0 saturated carbocycles. The summed E-state index contributed by atoms with van der Waals surface area (Å²) in [4.78, 5) is 30.1. The summed E-state index contributed by atoms with van der Waals surface area (Å²) in [5.74, 6) is 0.426. The predicted octanol–water partition coefficient (Wildman–Crippen LogP) is 3.51. The molecule has 0 aliphatic carbocycles. The highest BCUT2D eigenvalue weighted by molar-refractivity contribution is 6.01. The minimum absolute atomic E-state index is 0.126. The van der Waals surface area contributed by atoms with Crippen LogP contribution in [0.3, 0.4) is 0 Å². The maximum Gasteiger partial charge on any atom is 0.410 e. The van der Waals surface area contributed by atoms with Crippen LogP contribution in [0.25, 0.3) is 10.9 Å². The van der Waals surface area contributed by atoms with E-state index in [1.54, 1.807) is 29.3 Å². The van der Waals surface area contributed by atoms with E-state index in [0.717, 1.165) is 0 Å². The quantitative estimate of drug-likeness (QED) is 0.801. The number of carbonyl (C=O) groups is 2. The van der Waals surface area contributed by atoms with E-state index in [4.69, 9.17) is 19.9 Å². The average Bonchev–Trinajstić information content (AvgIpc) is 3.08. The zero-order valence-corrected chi connectivity index (χ0v) is 18.1. The number of rotatable bonds is 5. The van der Waals surface area contributed by atoms with Crippen molar-refractivity contribution in [2.24, 2.45) is 5.73 Å². The number of primary amides is 1. The van der Waals surface area contributed by atoms with Gasteiger partial charge in [-0.1, -0.05) is 0 Å². The Morgan fingerprint density at radius 2 is 1.97 bits per heavy atom. The molecule has 2 N–H and O–H groups in total. The van der Waals surface area contributed by atoms with Crippen LogP contribution in [0.1, 0.15) is 51.4 Å². The molecule has 1 aliphatic heterocycles. The molecular weight excluding hydrogens is 386 g/mol. The van der Waals surface area contributed by atoms with Crippen molar-refractivity contribution in [2.75, 3.05) is 13.1 Å². The summed E-state index contributed by atoms with van der Waals surface area (Å²) in [6.07, 6.45) is 1.67. The summed E-state index contributed by atoms with van der Waals surface area (Å²) in [7, 11) is 0. The smallest absolute Gasteiger partial charge is 0.410 e. The van der Waals surface area contributed by atoms with E-state index in [-0.39, 0.29) is 23.9 Å². The highest BCUT2D eigenvalue weighted by Gasteiger charge is 2.31. The van der Waals surface area contributed by atoms with Crippen LogP contribution >= 0.6 is 0 Å². The first kappa shape index (κ1) is 21.7. The van der Waals surface area contributed by atoms with E-state index in [2.05, 4.69) is 4.98 Å². The third kappa shape index (κ3) is 5.11. The zero-order chi connectivity index (χ0) is 22.1. The van der Waals surface area contributed by atoms with Gasteiger partial charge in [0.15, 0.2) is 0 Å². The maximum absolute atomic E-state index is 12.3. The monoisotopic (exact) mass is 415 g/mol. The van der Waals surface area contributed by atoms with E-state index in [1.165, 1.54) is 0 Å². The van der Waals surface area contributed by atoms with Crippen molar-refractivity contribution in [3.05, 3.63) is 30.0 Å². The van der Waals surface area contributed by atoms with Gasteiger partial charge in [0.25, 0.3) is 5.91 Å². The van der Waals surface area contributed by atoms with E-state index < -0.39 is 11.5 Å². The van der Waals surface area contributed by atoms with Gasteiger partial charge in [-0.05, 0) is 52.8 Å². The lowest BCUT2D eigenvalue weighted by Crippen LogP contribution is -2.36. The van der Waals surface area contributed by atoms with Crippen LogP contribution in [0.5, 0.6) is 11.5 Å². The molecule has 2 amide bonds. The molecule has 1 fully saturated rings. The molecule has 30 heavy (non-hydrogen) atoms. The predicted molar refractivity (Wildman–Crippen MR) is 113 cm³/mol. The van der Waals surface area contributed by atoms with Gasteiger partial charge >= 0.3 is 6.09 Å². The fourth-order valence-corrected chi connectivity index (χ4v) is 3.29. The summed E-state index contributed by atoms with van der Waals surface area (Å²) >= 11 is 0. The van der Waals surface area contributed by atoms with Crippen LogP contribution in [0, 0.1) is 0 Å². The lowest BCUT2D eigenvalue weighted by molar-refractivity contribution is 0.0276. The Balaban J connectivity index is 1.83. The molecular formula is C22H29N3O5. The van der Waals surface area contributed by atoms with Gasteiger partial charge in [0, 0.05) is 24.5 Å². The lowest BCUT2D eigenvalue weighted by atomic mass is 10.1. The van der Waals surface area contributed by atoms with Crippen molar-refractivity contribution in [1.29, 1.82) is 0 Å². The van der Waals surface area contributed by atoms with Crippen LogP contribution in [0.2, 0.25) is 0 Å². The standard InChI is InChI=1S/C22H29N3O5/c1-13(2)28-19-11-15-17(10-16(19)20(23)26)24-8-6-18(15)29-14-7-9-25(12-14)21(27)30-22(3,4)5/h6,8,10-11,13-14H,7,9,12H2,1-5H3,(H2,23,26)/t14-/m1/s1. The Morgan fingerprint density at radius 1 is 1.23 bits per heavy atom. The van der Waals surface area contributed by atoms with E-state index >= 15 is 0 Å². The van der Waals surface area contributed by atoms with Crippen LogP contribution in [0.4, 0.5) is 4.79 Å². The van der Waals surface area contributed by atoms with Gasteiger partial charge in [0.1, 0.15) is 23.2 Å². The zero-order valence-electron chi connectivity index (χ0n) is 18.1. The van der Waals surface area contributed by atoms with Gasteiger partial charge in [-0.15, -0.1) is 0 Å². The van der Waals surface area contributed by atoms with Gasteiger partial charge in [-0.3, -0.25) is 9.78 Å². The maximum atomic E-state index is 12.3. The number of aromatic nitrogens is 1. The van der Waals surface area contributed by atoms with Gasteiger partial charge in [-0.25, -0.2) is 4.79 Å². The first-order valence-corrected chi connectivity index (χ1v) is 10.1. The number of likely N-dealkylation sites (tertiary alicyclic amines) is 1. The van der Waals surface area contributed by atoms with Crippen LogP contribution in [-0.2, 0) is 4.74 Å².